The predicted octanol–water partition coefficient (Wildman–Crippen LogP) is 3.63. The van der Waals surface area contributed by atoms with Crippen molar-refractivity contribution in [1.29, 1.82) is 0 Å². The number of fused-ring (bicyclic) bond motifs is 2. The molecule has 0 fully saturated rings. The molecule has 17 nitrogen and oxygen atoms in total. The summed E-state index contributed by atoms with van der Waals surface area (Å²) in [6.45, 7) is 1.06. The standard InChI is InChI=1S/C35H28N2O15/c1-15-2-7-22(36-29(32(42)43)33(44)45)26(10-15)50-8-9-51-27-14-20(21(31(40)41)13-23(27)37-30(34(46)47)35(48)49)28-18-5-3-16(38)11-24(18)52-25-12-17(39)4-6-19(25)28/h2-7,10-14,29-30,36-38H,8-9H2,1H3,(H,40,41)(H,42,43)(H,44,45)(H,46,47)(H,48,49). The molecule has 1 heterocycles. The Morgan fingerprint density at radius 1 is 0.692 bits per heavy atom. The smallest absolute Gasteiger partial charge is 0.337 e. The van der Waals surface area contributed by atoms with Crippen molar-refractivity contribution in [2.45, 2.75) is 19.0 Å². The van der Waals surface area contributed by atoms with Crippen LogP contribution in [0.4, 0.5) is 11.4 Å². The van der Waals surface area contributed by atoms with Crippen LogP contribution in [0.3, 0.4) is 0 Å². The number of aliphatic carboxylic acids is 4. The van der Waals surface area contributed by atoms with Gasteiger partial charge in [-0.25, -0.2) is 24.0 Å². The van der Waals surface area contributed by atoms with E-state index in [0.29, 0.717) is 10.9 Å². The molecule has 52 heavy (non-hydrogen) atoms. The van der Waals surface area contributed by atoms with Crippen molar-refractivity contribution >= 4 is 52.2 Å². The van der Waals surface area contributed by atoms with Crippen LogP contribution in [0.25, 0.3) is 33.4 Å². The van der Waals surface area contributed by atoms with E-state index in [1.807, 2.05) is 0 Å². The zero-order valence-electron chi connectivity index (χ0n) is 26.8. The number of rotatable bonds is 15. The van der Waals surface area contributed by atoms with E-state index in [4.69, 9.17) is 13.9 Å². The lowest BCUT2D eigenvalue weighted by molar-refractivity contribution is -0.150. The van der Waals surface area contributed by atoms with Crippen LogP contribution in [-0.4, -0.2) is 85.8 Å². The number of aromatic carboxylic acids is 1. The molecule has 0 radical (unpaired) electrons. The van der Waals surface area contributed by atoms with Crippen LogP contribution in [0.1, 0.15) is 15.9 Å². The molecule has 3 aromatic carbocycles. The lowest BCUT2D eigenvalue weighted by atomic mass is 9.90. The van der Waals surface area contributed by atoms with Crippen molar-refractivity contribution < 1.29 is 68.5 Å². The molecule has 268 valence electrons. The van der Waals surface area contributed by atoms with Crippen molar-refractivity contribution in [3.8, 4) is 39.7 Å². The van der Waals surface area contributed by atoms with E-state index in [0.717, 1.165) is 6.07 Å². The summed E-state index contributed by atoms with van der Waals surface area (Å²) < 4.78 is 17.5. The highest BCUT2D eigenvalue weighted by Gasteiger charge is 2.30. The maximum Gasteiger partial charge on any atom is 0.337 e. The number of benzene rings is 4. The Kier molecular flexibility index (Phi) is 10.2. The van der Waals surface area contributed by atoms with Crippen LogP contribution in [0.15, 0.2) is 75.9 Å². The van der Waals surface area contributed by atoms with E-state index < -0.39 is 52.9 Å². The second-order valence-corrected chi connectivity index (χ2v) is 11.2. The number of aryl methyl sites for hydroxylation is 1. The largest absolute Gasteiger partial charge is 0.508 e. The summed E-state index contributed by atoms with van der Waals surface area (Å²) in [4.78, 5) is 71.4. The fraction of sp³-hybridized carbons (Fsp3) is 0.143. The molecule has 0 saturated carbocycles. The van der Waals surface area contributed by atoms with Crippen LogP contribution >= 0.6 is 0 Å². The van der Waals surface area contributed by atoms with Gasteiger partial charge in [0.05, 0.1) is 16.9 Å². The van der Waals surface area contributed by atoms with Gasteiger partial charge in [0.15, 0.2) is 5.43 Å². The van der Waals surface area contributed by atoms with Gasteiger partial charge in [-0.3, -0.25) is 4.79 Å². The first kappa shape index (κ1) is 36.0. The first-order valence-electron chi connectivity index (χ1n) is 15.1. The zero-order valence-corrected chi connectivity index (χ0v) is 26.8. The van der Waals surface area contributed by atoms with E-state index in [1.165, 1.54) is 54.6 Å². The van der Waals surface area contributed by atoms with Crippen molar-refractivity contribution in [2.24, 2.45) is 0 Å². The highest BCUT2D eigenvalue weighted by molar-refractivity contribution is 6.09. The van der Waals surface area contributed by atoms with E-state index in [9.17, 15) is 59.4 Å². The molecule has 5 rings (SSSR count). The average molecular weight is 717 g/mol. The van der Waals surface area contributed by atoms with Crippen LogP contribution < -0.4 is 25.5 Å². The van der Waals surface area contributed by atoms with Gasteiger partial charge in [-0.2, -0.15) is 0 Å². The summed E-state index contributed by atoms with van der Waals surface area (Å²) in [7, 11) is 0. The molecular formula is C35H28N2O15. The lowest BCUT2D eigenvalue weighted by Gasteiger charge is -2.21. The number of hydrogen-bond donors (Lipinski definition) is 8. The van der Waals surface area contributed by atoms with E-state index in [1.54, 1.807) is 13.0 Å². The summed E-state index contributed by atoms with van der Waals surface area (Å²) >= 11 is 0. The monoisotopic (exact) mass is 716 g/mol. The molecule has 2 aliphatic rings. The number of phenols is 1. The lowest BCUT2D eigenvalue weighted by Crippen LogP contribution is -2.37. The summed E-state index contributed by atoms with van der Waals surface area (Å²) in [6, 6.07) is 10.3. The topological polar surface area (TPSA) is 279 Å². The summed E-state index contributed by atoms with van der Waals surface area (Å²) in [5.41, 5.74) is 0.0567. The Hall–Kier alpha value is -7.30. The molecule has 17 heteroatoms. The fourth-order valence-corrected chi connectivity index (χ4v) is 5.29. The molecule has 0 unspecified atom stereocenters. The Morgan fingerprint density at radius 2 is 1.29 bits per heavy atom. The number of carbonyl (C=O) groups is 5. The second-order valence-electron chi connectivity index (χ2n) is 11.2. The van der Waals surface area contributed by atoms with Gasteiger partial charge < -0.3 is 55.2 Å². The normalized spacial score (nSPS) is 11.1. The SMILES string of the molecule is Cc1ccc(NC(C(=O)O)C(=O)O)c(OCCOc2cc(-c3c4ccc(=O)cc-4oc4cc(O)ccc34)c(C(=O)O)cc2NC(C(=O)O)C(=O)O)c1. The molecule has 0 amide bonds. The second kappa shape index (κ2) is 14.7. The first-order chi connectivity index (χ1) is 24.6. The van der Waals surface area contributed by atoms with E-state index >= 15 is 0 Å². The minimum Gasteiger partial charge on any atom is -0.508 e. The van der Waals surface area contributed by atoms with Crippen molar-refractivity contribution in [3.05, 3.63) is 88.1 Å². The molecular weight excluding hydrogens is 688 g/mol. The third-order valence-electron chi connectivity index (χ3n) is 7.62. The highest BCUT2D eigenvalue weighted by Crippen LogP contribution is 2.44. The summed E-state index contributed by atoms with van der Waals surface area (Å²) in [6.07, 6.45) is 0. The highest BCUT2D eigenvalue weighted by atomic mass is 16.5. The Balaban J connectivity index is 1.59. The maximum atomic E-state index is 12.7. The van der Waals surface area contributed by atoms with E-state index in [2.05, 4.69) is 10.6 Å². The van der Waals surface area contributed by atoms with Gasteiger partial charge in [0.25, 0.3) is 0 Å². The zero-order chi connectivity index (χ0) is 37.9. The number of phenolic OH excluding ortho intramolecular Hbond substituents is 1. The Bertz CT molecular complexity index is 2250. The maximum absolute atomic E-state index is 12.7. The minimum absolute atomic E-state index is 0.0233. The van der Waals surface area contributed by atoms with Crippen molar-refractivity contribution in [1.82, 2.24) is 0 Å². The Morgan fingerprint density at radius 3 is 1.88 bits per heavy atom. The molecule has 1 aliphatic carbocycles. The number of nitrogens with one attached hydrogen (secondary N) is 2. The van der Waals surface area contributed by atoms with Crippen LogP contribution in [0.5, 0.6) is 17.2 Å². The van der Waals surface area contributed by atoms with Gasteiger partial charge in [-0.15, -0.1) is 0 Å². The van der Waals surface area contributed by atoms with Crippen LogP contribution in [0, 0.1) is 6.92 Å². The van der Waals surface area contributed by atoms with Gasteiger partial charge in [-0.1, -0.05) is 6.07 Å². The number of hydrogen-bond acceptors (Lipinski definition) is 12. The first-order valence-corrected chi connectivity index (χ1v) is 15.1. The van der Waals surface area contributed by atoms with Crippen LogP contribution in [-0.2, 0) is 19.2 Å². The number of aromatic hydroxyl groups is 1. The molecule has 0 saturated heterocycles. The molecule has 1 aliphatic heterocycles. The van der Waals surface area contributed by atoms with Crippen molar-refractivity contribution in [2.75, 3.05) is 23.8 Å². The number of carboxylic acid groups (broad SMARTS) is 5. The van der Waals surface area contributed by atoms with Gasteiger partial charge in [0.2, 0.25) is 12.1 Å². The molecule has 0 atom stereocenters. The van der Waals surface area contributed by atoms with Gasteiger partial charge in [-0.05, 0) is 61.0 Å². The van der Waals surface area contributed by atoms with Crippen molar-refractivity contribution in [3.63, 3.8) is 0 Å². The molecule has 3 aromatic rings. The average Bonchev–Trinajstić information content (AvgIpc) is 3.06. The quantitative estimate of drug-likeness (QED) is 0.0436. The van der Waals surface area contributed by atoms with Crippen LogP contribution in [0.2, 0.25) is 0 Å². The third kappa shape index (κ3) is 7.62. The Labute approximate surface area is 291 Å². The predicted molar refractivity (Wildman–Crippen MR) is 181 cm³/mol. The summed E-state index contributed by atoms with van der Waals surface area (Å²) in [5.74, 6) is -8.71. The molecule has 8 N–H and O–H groups in total. The van der Waals surface area contributed by atoms with Gasteiger partial charge in [0, 0.05) is 34.2 Å². The molecule has 0 bridgehead atoms. The number of carboxylic acids is 5. The third-order valence-corrected chi connectivity index (χ3v) is 7.62. The van der Waals surface area contributed by atoms with Gasteiger partial charge in [0.1, 0.15) is 41.8 Å². The van der Waals surface area contributed by atoms with E-state index in [-0.39, 0.29) is 69.9 Å². The molecule has 0 aromatic heterocycles. The number of anilines is 2. The summed E-state index contributed by atoms with van der Waals surface area (Å²) in [5, 5.41) is 63.1. The molecule has 0 spiro atoms. The fourth-order valence-electron chi connectivity index (χ4n) is 5.29. The minimum atomic E-state index is -2.24. The van der Waals surface area contributed by atoms with Gasteiger partial charge >= 0.3 is 29.8 Å². The number of ether oxygens (including phenoxy) is 2.